The highest BCUT2D eigenvalue weighted by Gasteiger charge is 2.36. The van der Waals surface area contributed by atoms with Crippen molar-refractivity contribution in [3.63, 3.8) is 0 Å². The lowest BCUT2D eigenvalue weighted by Gasteiger charge is -2.48. The van der Waals surface area contributed by atoms with Gasteiger partial charge in [-0.25, -0.2) is 4.68 Å². The summed E-state index contributed by atoms with van der Waals surface area (Å²) in [7, 11) is 0. The van der Waals surface area contributed by atoms with Crippen LogP contribution in [0.4, 0.5) is 5.69 Å². The van der Waals surface area contributed by atoms with E-state index in [-0.39, 0.29) is 5.54 Å². The van der Waals surface area contributed by atoms with Crippen LogP contribution in [-0.2, 0) is 0 Å². The highest BCUT2D eigenvalue weighted by atomic mass is 15.4. The minimum atomic E-state index is 0.201. The average molecular weight is 325 g/mol. The zero-order valence-electron chi connectivity index (χ0n) is 15.3. The summed E-state index contributed by atoms with van der Waals surface area (Å²) in [4.78, 5) is 2.58. The minimum Gasteiger partial charge on any atom is -0.366 e. The Morgan fingerprint density at radius 3 is 2.67 bits per heavy atom. The predicted octanol–water partition coefficient (Wildman–Crippen LogP) is 3.97. The molecule has 1 aliphatic rings. The molecule has 0 bridgehead atoms. The lowest BCUT2D eigenvalue weighted by molar-refractivity contribution is 0.376. The number of anilines is 1. The summed E-state index contributed by atoms with van der Waals surface area (Å²) in [6, 6.07) is 4.64. The molecule has 1 aliphatic heterocycles. The smallest absolute Gasteiger partial charge is 0.141 e. The number of benzene rings is 1. The quantitative estimate of drug-likeness (QED) is 0.799. The topological polar surface area (TPSA) is 46.3 Å². The molecule has 1 aromatic carbocycles. The monoisotopic (exact) mass is 325 g/mol. The third kappa shape index (κ3) is 3.07. The van der Waals surface area contributed by atoms with E-state index in [9.17, 15) is 0 Å². The molecule has 0 saturated carbocycles. The lowest BCUT2D eigenvalue weighted by atomic mass is 9.79. The summed E-state index contributed by atoms with van der Waals surface area (Å²) in [5, 5.41) is 12.0. The highest BCUT2D eigenvalue weighted by molar-refractivity contribution is 5.84. The van der Waals surface area contributed by atoms with E-state index in [4.69, 9.17) is 0 Å². The van der Waals surface area contributed by atoms with Gasteiger partial charge in [0.1, 0.15) is 12.7 Å². The number of aromatic nitrogens is 3. The largest absolute Gasteiger partial charge is 0.366 e. The van der Waals surface area contributed by atoms with Crippen LogP contribution in [0.3, 0.4) is 0 Å². The van der Waals surface area contributed by atoms with Gasteiger partial charge in [-0.15, -0.1) is 10.2 Å². The molecule has 0 fully saturated rings. The van der Waals surface area contributed by atoms with Gasteiger partial charge in [-0.2, -0.15) is 5.10 Å². The fraction of sp³-hybridized carbons (Fsp3) is 0.526. The predicted molar refractivity (Wildman–Crippen MR) is 98.9 cm³/mol. The molecule has 0 amide bonds. The zero-order valence-corrected chi connectivity index (χ0v) is 15.3. The van der Waals surface area contributed by atoms with E-state index in [1.165, 1.54) is 23.2 Å². The van der Waals surface area contributed by atoms with E-state index >= 15 is 0 Å². The Morgan fingerprint density at radius 2 is 2.00 bits per heavy atom. The molecule has 3 rings (SSSR count). The van der Waals surface area contributed by atoms with Crippen molar-refractivity contribution < 1.29 is 0 Å². The molecule has 1 atom stereocenters. The normalized spacial score (nSPS) is 19.7. The van der Waals surface area contributed by atoms with E-state index < -0.39 is 0 Å². The van der Waals surface area contributed by atoms with Gasteiger partial charge in [0.2, 0.25) is 0 Å². The van der Waals surface area contributed by atoms with Gasteiger partial charge in [-0.05, 0) is 68.4 Å². The second-order valence-electron chi connectivity index (χ2n) is 7.42. The summed E-state index contributed by atoms with van der Waals surface area (Å²) < 4.78 is 1.62. The number of aryl methyl sites for hydroxylation is 1. The average Bonchev–Trinajstić information content (AvgIpc) is 3.02. The van der Waals surface area contributed by atoms with Crippen molar-refractivity contribution in [2.24, 2.45) is 5.10 Å². The van der Waals surface area contributed by atoms with Crippen LogP contribution in [0.5, 0.6) is 0 Å². The molecule has 1 unspecified atom stereocenters. The third-order valence-corrected chi connectivity index (χ3v) is 4.96. The fourth-order valence-corrected chi connectivity index (χ4v) is 3.82. The Bertz CT molecular complexity index is 730. The SMILES string of the molecule is CCCN1c2cc(C)c(/C=N\n3cnnc3)cc2C(C)CC1(C)C. The van der Waals surface area contributed by atoms with Gasteiger partial charge < -0.3 is 4.90 Å². The standard InChI is InChI=1S/C19H27N5/c1-6-7-24-18-8-14(2)16(11-22-23-12-20-21-13-23)9-17(18)15(3)10-19(24,4)5/h8-9,11-13,15H,6-7,10H2,1-5H3/b22-11-. The molecule has 128 valence electrons. The Morgan fingerprint density at radius 1 is 1.29 bits per heavy atom. The first-order valence-corrected chi connectivity index (χ1v) is 8.73. The number of fused-ring (bicyclic) bond motifs is 1. The van der Waals surface area contributed by atoms with Crippen LogP contribution >= 0.6 is 0 Å². The van der Waals surface area contributed by atoms with E-state index in [1.54, 1.807) is 17.3 Å². The van der Waals surface area contributed by atoms with Crippen LogP contribution in [0.15, 0.2) is 29.9 Å². The van der Waals surface area contributed by atoms with Gasteiger partial charge in [0.05, 0.1) is 6.21 Å². The lowest BCUT2D eigenvalue weighted by Crippen LogP contribution is -2.48. The third-order valence-electron chi connectivity index (χ3n) is 4.96. The van der Waals surface area contributed by atoms with E-state index in [2.05, 4.69) is 67.0 Å². The summed E-state index contributed by atoms with van der Waals surface area (Å²) in [6.07, 6.45) is 7.42. The molecule has 5 nitrogen and oxygen atoms in total. The molecular formula is C19H27N5. The van der Waals surface area contributed by atoms with Gasteiger partial charge in [0, 0.05) is 17.8 Å². The first kappa shape index (κ1) is 16.7. The van der Waals surface area contributed by atoms with E-state index in [0.29, 0.717) is 5.92 Å². The van der Waals surface area contributed by atoms with E-state index in [0.717, 1.165) is 18.5 Å². The number of nitrogens with zero attached hydrogens (tertiary/aromatic N) is 5. The molecule has 2 heterocycles. The second-order valence-corrected chi connectivity index (χ2v) is 7.42. The number of hydrogen-bond acceptors (Lipinski definition) is 4. The van der Waals surface area contributed by atoms with Crippen LogP contribution in [0, 0.1) is 6.92 Å². The van der Waals surface area contributed by atoms with Crippen molar-refractivity contribution in [3.8, 4) is 0 Å². The van der Waals surface area contributed by atoms with Crippen LogP contribution in [-0.4, -0.2) is 33.2 Å². The highest BCUT2D eigenvalue weighted by Crippen LogP contribution is 2.44. The first-order chi connectivity index (χ1) is 11.4. The van der Waals surface area contributed by atoms with Gasteiger partial charge in [0.15, 0.2) is 0 Å². The summed E-state index contributed by atoms with van der Waals surface area (Å²) in [5.41, 5.74) is 5.42. The van der Waals surface area contributed by atoms with Gasteiger partial charge in [-0.3, -0.25) is 0 Å². The summed E-state index contributed by atoms with van der Waals surface area (Å²) in [6.45, 7) is 12.6. The Labute approximate surface area is 144 Å². The van der Waals surface area contributed by atoms with Crippen molar-refractivity contribution in [2.45, 2.75) is 58.9 Å². The molecule has 0 N–H and O–H groups in total. The Hall–Kier alpha value is -2.17. The van der Waals surface area contributed by atoms with Crippen LogP contribution < -0.4 is 4.90 Å². The van der Waals surface area contributed by atoms with Gasteiger partial charge >= 0.3 is 0 Å². The Kier molecular flexibility index (Phi) is 4.43. The van der Waals surface area contributed by atoms with Crippen LogP contribution in [0.1, 0.15) is 63.1 Å². The van der Waals surface area contributed by atoms with Gasteiger partial charge in [0.25, 0.3) is 0 Å². The van der Waals surface area contributed by atoms with Crippen molar-refractivity contribution in [3.05, 3.63) is 41.5 Å². The molecule has 1 aromatic heterocycles. The van der Waals surface area contributed by atoms with Crippen LogP contribution in [0.25, 0.3) is 0 Å². The summed E-state index contributed by atoms with van der Waals surface area (Å²) in [5.74, 6) is 0.547. The molecule has 0 aliphatic carbocycles. The maximum atomic E-state index is 4.41. The maximum absolute atomic E-state index is 4.41. The van der Waals surface area contributed by atoms with Crippen molar-refractivity contribution in [2.75, 3.05) is 11.4 Å². The molecule has 5 heteroatoms. The number of hydrogen-bond donors (Lipinski definition) is 0. The molecule has 0 saturated heterocycles. The molecular weight excluding hydrogens is 298 g/mol. The Balaban J connectivity index is 2.01. The second kappa shape index (κ2) is 6.38. The van der Waals surface area contributed by atoms with Crippen molar-refractivity contribution in [1.29, 1.82) is 0 Å². The van der Waals surface area contributed by atoms with E-state index in [1.807, 2.05) is 6.21 Å². The molecule has 2 aromatic rings. The minimum absolute atomic E-state index is 0.201. The van der Waals surface area contributed by atoms with Crippen molar-refractivity contribution in [1.82, 2.24) is 14.9 Å². The molecule has 0 spiro atoms. The number of rotatable bonds is 4. The maximum Gasteiger partial charge on any atom is 0.141 e. The van der Waals surface area contributed by atoms with Gasteiger partial charge in [-0.1, -0.05) is 13.8 Å². The fourth-order valence-electron chi connectivity index (χ4n) is 3.82. The molecule has 0 radical (unpaired) electrons. The zero-order chi connectivity index (χ0) is 17.3. The first-order valence-electron chi connectivity index (χ1n) is 8.73. The van der Waals surface area contributed by atoms with Crippen molar-refractivity contribution >= 4 is 11.9 Å². The van der Waals surface area contributed by atoms with Crippen LogP contribution in [0.2, 0.25) is 0 Å². The molecule has 24 heavy (non-hydrogen) atoms. The summed E-state index contributed by atoms with van der Waals surface area (Å²) >= 11 is 0.